The second-order valence-corrected chi connectivity index (χ2v) is 8.42. The summed E-state index contributed by atoms with van der Waals surface area (Å²) in [7, 11) is 0. The molecule has 0 bridgehead atoms. The van der Waals surface area contributed by atoms with Gasteiger partial charge in [0.05, 0.1) is 18.6 Å². The van der Waals surface area contributed by atoms with Gasteiger partial charge in [-0.15, -0.1) is 0 Å². The lowest BCUT2D eigenvalue weighted by Gasteiger charge is -2.15. The Morgan fingerprint density at radius 2 is 1.78 bits per heavy atom. The summed E-state index contributed by atoms with van der Waals surface area (Å²) in [5, 5.41) is 0.246. The maximum absolute atomic E-state index is 13.4. The van der Waals surface area contributed by atoms with Gasteiger partial charge in [0, 0.05) is 18.3 Å². The molecule has 0 N–H and O–H groups in total. The Labute approximate surface area is 214 Å². The van der Waals surface area contributed by atoms with Crippen LogP contribution in [0.4, 0.5) is 0 Å². The predicted molar refractivity (Wildman–Crippen MR) is 140 cm³/mol. The molecule has 0 aliphatic heterocycles. The highest BCUT2D eigenvalue weighted by molar-refractivity contribution is 5.97. The maximum Gasteiger partial charge on any atom is 0.341 e. The lowest BCUT2D eigenvalue weighted by molar-refractivity contribution is 0.0523. The fourth-order valence-corrected chi connectivity index (χ4v) is 4.11. The average molecular weight is 503 g/mol. The average Bonchev–Trinajstić information content (AvgIpc) is 2.90. The van der Waals surface area contributed by atoms with Gasteiger partial charge in [0.15, 0.2) is 5.49 Å². The van der Waals surface area contributed by atoms with Crippen molar-refractivity contribution < 1.29 is 19.1 Å². The third kappa shape index (κ3) is 5.45. The minimum absolute atomic E-state index is 0.0416. The maximum atomic E-state index is 13.4. The number of hydrogen-bond donors (Lipinski definition) is 0. The quantitative estimate of drug-likeness (QED) is 0.193. The van der Waals surface area contributed by atoms with E-state index in [1.54, 1.807) is 60.2 Å². The molecule has 0 saturated carbocycles. The molecule has 9 nitrogen and oxygen atoms in total. The first-order valence-corrected chi connectivity index (χ1v) is 12.5. The number of hydrogen-bond acceptors (Lipinski definition) is 6. The SMILES string of the molecule is CCCCCn1c(=NC(=O)c2ccc(OCC)cc2)c(C(=O)OCC)cc2c(=O)n3ccccc3nc21. The zero-order valence-corrected chi connectivity index (χ0v) is 21.3. The molecule has 1 amide bonds. The van der Waals surface area contributed by atoms with Gasteiger partial charge in [0.25, 0.3) is 11.5 Å². The largest absolute Gasteiger partial charge is 0.494 e. The highest BCUT2D eigenvalue weighted by atomic mass is 16.5. The zero-order chi connectivity index (χ0) is 26.4. The van der Waals surface area contributed by atoms with E-state index >= 15 is 0 Å². The van der Waals surface area contributed by atoms with Crippen LogP contribution in [-0.4, -0.2) is 39.0 Å². The Kier molecular flexibility index (Phi) is 8.12. The van der Waals surface area contributed by atoms with Crippen LogP contribution in [-0.2, 0) is 11.3 Å². The Balaban J connectivity index is 2.01. The second-order valence-electron chi connectivity index (χ2n) is 8.42. The van der Waals surface area contributed by atoms with Gasteiger partial charge in [0.1, 0.15) is 22.6 Å². The number of rotatable bonds is 9. The smallest absolute Gasteiger partial charge is 0.341 e. The summed E-state index contributed by atoms with van der Waals surface area (Å²) < 4.78 is 13.9. The number of benzene rings is 1. The van der Waals surface area contributed by atoms with E-state index in [4.69, 9.17) is 14.5 Å². The fourth-order valence-electron chi connectivity index (χ4n) is 4.11. The summed E-state index contributed by atoms with van der Waals surface area (Å²) in [4.78, 5) is 48.8. The fraction of sp³-hybridized carbons (Fsp3) is 0.321. The van der Waals surface area contributed by atoms with Crippen molar-refractivity contribution in [3.63, 3.8) is 0 Å². The number of unbranched alkanes of at least 4 members (excludes halogenated alkanes) is 2. The van der Waals surface area contributed by atoms with Gasteiger partial charge < -0.3 is 14.0 Å². The van der Waals surface area contributed by atoms with Gasteiger partial charge in [-0.05, 0) is 62.7 Å². The normalized spacial score (nSPS) is 11.7. The van der Waals surface area contributed by atoms with Crippen molar-refractivity contribution in [1.82, 2.24) is 14.0 Å². The molecule has 1 aromatic carbocycles. The van der Waals surface area contributed by atoms with Crippen LogP contribution in [0.2, 0.25) is 0 Å². The van der Waals surface area contributed by atoms with Gasteiger partial charge in [-0.2, -0.15) is 4.99 Å². The summed E-state index contributed by atoms with van der Waals surface area (Å²) in [6.07, 6.45) is 4.26. The number of nitrogens with zero attached hydrogens (tertiary/aromatic N) is 4. The summed E-state index contributed by atoms with van der Waals surface area (Å²) in [6.45, 7) is 6.72. The van der Waals surface area contributed by atoms with Gasteiger partial charge in [-0.25, -0.2) is 9.78 Å². The van der Waals surface area contributed by atoms with E-state index in [0.29, 0.717) is 35.8 Å². The topological polar surface area (TPSA) is 104 Å². The molecule has 0 saturated heterocycles. The first-order valence-electron chi connectivity index (χ1n) is 12.5. The van der Waals surface area contributed by atoms with Crippen molar-refractivity contribution in [2.75, 3.05) is 13.2 Å². The van der Waals surface area contributed by atoms with E-state index in [-0.39, 0.29) is 28.6 Å². The number of aromatic nitrogens is 3. The molecule has 37 heavy (non-hydrogen) atoms. The number of carbonyl (C=O) groups excluding carboxylic acids is 2. The number of pyridine rings is 2. The van der Waals surface area contributed by atoms with Crippen molar-refractivity contribution in [3.05, 3.63) is 81.7 Å². The molecule has 3 heterocycles. The van der Waals surface area contributed by atoms with Crippen molar-refractivity contribution in [3.8, 4) is 5.75 Å². The molecular weight excluding hydrogens is 472 g/mol. The molecule has 9 heteroatoms. The van der Waals surface area contributed by atoms with Crippen LogP contribution in [0, 0.1) is 0 Å². The minimum atomic E-state index is -0.663. The van der Waals surface area contributed by atoms with E-state index in [0.717, 1.165) is 19.3 Å². The number of amides is 1. The van der Waals surface area contributed by atoms with Crippen molar-refractivity contribution in [2.24, 2.45) is 4.99 Å². The monoisotopic (exact) mass is 502 g/mol. The third-order valence-electron chi connectivity index (χ3n) is 5.89. The summed E-state index contributed by atoms with van der Waals surface area (Å²) in [5.41, 5.74) is 0.994. The van der Waals surface area contributed by atoms with Crippen LogP contribution in [0.15, 0.2) is 64.5 Å². The lowest BCUT2D eigenvalue weighted by Crippen LogP contribution is -2.33. The number of ether oxygens (including phenoxy) is 2. The van der Waals surface area contributed by atoms with Crippen molar-refractivity contribution in [1.29, 1.82) is 0 Å². The first-order chi connectivity index (χ1) is 18.0. The van der Waals surface area contributed by atoms with E-state index in [1.807, 2.05) is 6.92 Å². The molecule has 4 aromatic rings. The highest BCUT2D eigenvalue weighted by Crippen LogP contribution is 2.15. The predicted octanol–water partition coefficient (Wildman–Crippen LogP) is 4.16. The summed E-state index contributed by atoms with van der Waals surface area (Å²) >= 11 is 0. The summed E-state index contributed by atoms with van der Waals surface area (Å²) in [5.74, 6) is -0.553. The Hall–Kier alpha value is -4.27. The third-order valence-corrected chi connectivity index (χ3v) is 5.89. The number of esters is 1. The van der Waals surface area contributed by atoms with Crippen LogP contribution in [0.3, 0.4) is 0 Å². The standard InChI is InChI=1S/C28H30N4O5/c1-4-7-9-17-32-24-21(27(34)31-16-10-8-11-23(31)29-24)18-22(28(35)37-6-3)25(32)30-26(33)19-12-14-20(15-13-19)36-5-2/h8,10-16,18H,4-7,9,17H2,1-3H3. The van der Waals surface area contributed by atoms with E-state index in [9.17, 15) is 14.4 Å². The van der Waals surface area contributed by atoms with Crippen molar-refractivity contribution in [2.45, 2.75) is 46.6 Å². The van der Waals surface area contributed by atoms with E-state index in [2.05, 4.69) is 11.9 Å². The Bertz CT molecular complexity index is 1570. The number of aryl methyl sites for hydroxylation is 1. The van der Waals surface area contributed by atoms with Gasteiger partial charge >= 0.3 is 5.97 Å². The molecule has 192 valence electrons. The molecule has 0 fully saturated rings. The Morgan fingerprint density at radius 1 is 1.00 bits per heavy atom. The molecule has 0 unspecified atom stereocenters. The van der Waals surface area contributed by atoms with E-state index < -0.39 is 11.9 Å². The molecule has 0 spiro atoms. The molecule has 0 aliphatic rings. The first kappa shape index (κ1) is 25.8. The van der Waals surface area contributed by atoms with Crippen LogP contribution in [0.5, 0.6) is 5.75 Å². The molecule has 0 aliphatic carbocycles. The summed E-state index contributed by atoms with van der Waals surface area (Å²) in [6, 6.07) is 13.3. The number of fused-ring (bicyclic) bond motifs is 2. The van der Waals surface area contributed by atoms with Crippen LogP contribution in [0.25, 0.3) is 16.7 Å². The van der Waals surface area contributed by atoms with Gasteiger partial charge in [-0.1, -0.05) is 25.8 Å². The molecule has 0 radical (unpaired) electrons. The minimum Gasteiger partial charge on any atom is -0.494 e. The van der Waals surface area contributed by atoms with E-state index in [1.165, 1.54) is 10.5 Å². The van der Waals surface area contributed by atoms with Crippen molar-refractivity contribution >= 4 is 28.6 Å². The molecule has 3 aromatic heterocycles. The number of carbonyl (C=O) groups is 2. The zero-order valence-electron chi connectivity index (χ0n) is 21.3. The molecule has 4 rings (SSSR count). The Morgan fingerprint density at radius 3 is 2.49 bits per heavy atom. The highest BCUT2D eigenvalue weighted by Gasteiger charge is 2.20. The van der Waals surface area contributed by atoms with Crippen LogP contribution < -0.4 is 15.8 Å². The molecule has 0 atom stereocenters. The molecular formula is C28H30N4O5. The van der Waals surface area contributed by atoms with Crippen LogP contribution in [0.1, 0.15) is 60.7 Å². The van der Waals surface area contributed by atoms with Crippen LogP contribution >= 0.6 is 0 Å². The lowest BCUT2D eigenvalue weighted by atomic mass is 10.1. The second kappa shape index (κ2) is 11.6. The van der Waals surface area contributed by atoms with Gasteiger partial charge in [0.2, 0.25) is 0 Å². The van der Waals surface area contributed by atoms with Gasteiger partial charge in [-0.3, -0.25) is 14.0 Å².